The van der Waals surface area contributed by atoms with Gasteiger partial charge in [-0.3, -0.25) is 14.3 Å². The van der Waals surface area contributed by atoms with Gasteiger partial charge in [-0.25, -0.2) is 4.79 Å². The Morgan fingerprint density at radius 3 is 2.72 bits per heavy atom. The Morgan fingerprint density at radius 1 is 1.56 bits per heavy atom. The lowest BCUT2D eigenvalue weighted by Gasteiger charge is -2.17. The molecule has 1 aliphatic rings. The fraction of sp³-hybridized carbons (Fsp3) is 0.500. The Balaban J connectivity index is 0.000000771. The van der Waals surface area contributed by atoms with Crippen molar-refractivity contribution in [1.82, 2.24) is 9.55 Å². The summed E-state index contributed by atoms with van der Waals surface area (Å²) in [6.07, 6.45) is 9.47. The third kappa shape index (κ3) is 2.88. The molecule has 1 aromatic rings. The Morgan fingerprint density at radius 2 is 2.22 bits per heavy atom. The fourth-order valence-corrected chi connectivity index (χ4v) is 2.00. The van der Waals surface area contributed by atoms with Crippen molar-refractivity contribution in [2.45, 2.75) is 25.7 Å². The number of rotatable bonds is 2. The van der Waals surface area contributed by atoms with Crippen molar-refractivity contribution in [1.29, 1.82) is 0 Å². The normalized spacial score (nSPS) is 26.3. The lowest BCUT2D eigenvalue weighted by molar-refractivity contribution is -0.0336. The van der Waals surface area contributed by atoms with E-state index in [4.69, 9.17) is 9.84 Å². The molecule has 1 aromatic heterocycles. The molecule has 1 fully saturated rings. The first-order valence-electron chi connectivity index (χ1n) is 5.53. The zero-order chi connectivity index (χ0) is 13.7. The summed E-state index contributed by atoms with van der Waals surface area (Å²) < 4.78 is 6.87. The first-order chi connectivity index (χ1) is 8.61. The van der Waals surface area contributed by atoms with E-state index in [0.717, 1.165) is 0 Å². The van der Waals surface area contributed by atoms with Gasteiger partial charge in [-0.1, -0.05) is 6.92 Å². The third-order valence-electron chi connectivity index (χ3n) is 2.78. The number of aromatic nitrogens is 2. The van der Waals surface area contributed by atoms with Crippen molar-refractivity contribution < 1.29 is 9.84 Å². The zero-order valence-electron chi connectivity index (χ0n) is 10.1. The van der Waals surface area contributed by atoms with Crippen LogP contribution in [0.4, 0.5) is 0 Å². The van der Waals surface area contributed by atoms with Crippen molar-refractivity contribution in [3.05, 3.63) is 33.1 Å². The van der Waals surface area contributed by atoms with E-state index >= 15 is 0 Å². The summed E-state index contributed by atoms with van der Waals surface area (Å²) in [4.78, 5) is 24.6. The Bertz CT molecular complexity index is 517. The summed E-state index contributed by atoms with van der Waals surface area (Å²) in [5.74, 6) is 0.126. The van der Waals surface area contributed by atoms with E-state index in [-0.39, 0.29) is 18.6 Å². The lowest BCUT2D eigenvalue weighted by Crippen LogP contribution is -2.33. The number of hydrogen-bond acceptors (Lipinski definition) is 4. The molecule has 98 valence electrons. The highest BCUT2D eigenvalue weighted by Crippen LogP contribution is 2.32. The second-order valence-electron chi connectivity index (χ2n) is 4.06. The van der Waals surface area contributed by atoms with Crippen LogP contribution in [0.5, 0.6) is 0 Å². The van der Waals surface area contributed by atoms with E-state index in [2.05, 4.69) is 17.8 Å². The summed E-state index contributed by atoms with van der Waals surface area (Å²) >= 11 is 0. The molecule has 18 heavy (non-hydrogen) atoms. The van der Waals surface area contributed by atoms with Gasteiger partial charge in [0.25, 0.3) is 5.56 Å². The molecule has 1 saturated heterocycles. The van der Waals surface area contributed by atoms with Crippen LogP contribution >= 0.6 is 0 Å². The molecule has 6 heteroatoms. The molecule has 2 heterocycles. The summed E-state index contributed by atoms with van der Waals surface area (Å²) in [6.45, 7) is 1.89. The van der Waals surface area contributed by atoms with Crippen LogP contribution < -0.4 is 11.2 Å². The number of terminal acetylenes is 1. The van der Waals surface area contributed by atoms with Crippen molar-refractivity contribution in [2.24, 2.45) is 5.92 Å². The van der Waals surface area contributed by atoms with Crippen molar-refractivity contribution in [3.8, 4) is 12.8 Å². The Kier molecular flexibility index (Phi) is 4.89. The van der Waals surface area contributed by atoms with Crippen LogP contribution in [0.15, 0.2) is 21.9 Å². The van der Waals surface area contributed by atoms with Crippen molar-refractivity contribution in [3.63, 3.8) is 0 Å². The minimum Gasteiger partial charge on any atom is -0.394 e. The van der Waals surface area contributed by atoms with E-state index in [1.54, 1.807) is 0 Å². The van der Waals surface area contributed by atoms with Crippen LogP contribution in [0, 0.1) is 18.8 Å². The van der Waals surface area contributed by atoms with E-state index in [1.165, 1.54) is 16.8 Å². The SMILES string of the molecule is C#C.C[C@H]1C[C@@H](CO)O[C@H]1n1ccc(=O)[nH]c1=O. The van der Waals surface area contributed by atoms with Crippen LogP contribution in [0.2, 0.25) is 0 Å². The minimum atomic E-state index is -0.483. The molecule has 0 radical (unpaired) electrons. The maximum atomic E-state index is 11.5. The summed E-state index contributed by atoms with van der Waals surface area (Å²) in [6, 6.07) is 1.28. The molecule has 0 saturated carbocycles. The van der Waals surface area contributed by atoms with E-state index < -0.39 is 17.5 Å². The molecular formula is C12H16N2O4. The average molecular weight is 252 g/mol. The highest BCUT2D eigenvalue weighted by molar-refractivity contribution is 4.87. The van der Waals surface area contributed by atoms with E-state index in [9.17, 15) is 9.59 Å². The van der Waals surface area contributed by atoms with Gasteiger partial charge in [-0.2, -0.15) is 0 Å². The molecule has 3 atom stereocenters. The van der Waals surface area contributed by atoms with Crippen LogP contribution in [-0.4, -0.2) is 27.4 Å². The number of aliphatic hydroxyl groups excluding tert-OH is 1. The maximum Gasteiger partial charge on any atom is 0.330 e. The average Bonchev–Trinajstić information content (AvgIpc) is 2.73. The molecule has 2 N–H and O–H groups in total. The Labute approximate surface area is 104 Å². The van der Waals surface area contributed by atoms with Gasteiger partial charge in [0.05, 0.1) is 12.7 Å². The summed E-state index contributed by atoms with van der Waals surface area (Å²) in [7, 11) is 0. The van der Waals surface area contributed by atoms with Gasteiger partial charge in [0.1, 0.15) is 6.23 Å². The number of hydrogen-bond donors (Lipinski definition) is 2. The Hall–Kier alpha value is -1.84. The molecule has 6 nitrogen and oxygen atoms in total. The monoisotopic (exact) mass is 252 g/mol. The molecule has 2 rings (SSSR count). The van der Waals surface area contributed by atoms with Gasteiger partial charge in [0.15, 0.2) is 0 Å². The topological polar surface area (TPSA) is 84.3 Å². The van der Waals surface area contributed by atoms with Crippen molar-refractivity contribution >= 4 is 0 Å². The minimum absolute atomic E-state index is 0.0566. The van der Waals surface area contributed by atoms with Crippen molar-refractivity contribution in [2.75, 3.05) is 6.61 Å². The maximum absolute atomic E-state index is 11.5. The molecule has 0 bridgehead atoms. The molecule has 0 aromatic carbocycles. The van der Waals surface area contributed by atoms with Gasteiger partial charge in [-0.15, -0.1) is 12.8 Å². The molecule has 0 aliphatic carbocycles. The first-order valence-corrected chi connectivity index (χ1v) is 5.53. The van der Waals surface area contributed by atoms with E-state index in [0.29, 0.717) is 6.42 Å². The number of H-pyrrole nitrogens is 1. The third-order valence-corrected chi connectivity index (χ3v) is 2.78. The van der Waals surface area contributed by atoms with Gasteiger partial charge in [0, 0.05) is 18.2 Å². The van der Waals surface area contributed by atoms with Gasteiger partial charge in [-0.05, 0) is 6.42 Å². The standard InChI is InChI=1S/C10H14N2O4.C2H2/c1-6-4-7(5-13)16-9(6)12-3-2-8(14)11-10(12)15;1-2/h2-3,6-7,9,13H,4-5H2,1H3,(H,11,14,15);1-2H/t6-,7-,9+;/m0./s1. The second-order valence-corrected chi connectivity index (χ2v) is 4.06. The summed E-state index contributed by atoms with van der Waals surface area (Å²) in [5.41, 5.74) is -0.909. The highest BCUT2D eigenvalue weighted by Gasteiger charge is 2.33. The number of nitrogens with one attached hydrogen (secondary N) is 1. The van der Waals surface area contributed by atoms with Crippen LogP contribution in [0.25, 0.3) is 0 Å². The quantitative estimate of drug-likeness (QED) is 0.708. The number of nitrogens with zero attached hydrogens (tertiary/aromatic N) is 1. The van der Waals surface area contributed by atoms with Crippen LogP contribution in [0.3, 0.4) is 0 Å². The molecule has 0 unspecified atom stereocenters. The highest BCUT2D eigenvalue weighted by atomic mass is 16.5. The predicted octanol–water partition coefficient (Wildman–Crippen LogP) is -0.298. The largest absolute Gasteiger partial charge is 0.394 e. The van der Waals surface area contributed by atoms with Crippen LogP contribution in [0.1, 0.15) is 19.6 Å². The van der Waals surface area contributed by atoms with Gasteiger partial charge in [0.2, 0.25) is 0 Å². The molecule has 1 aliphatic heterocycles. The summed E-state index contributed by atoms with van der Waals surface area (Å²) in [5, 5.41) is 8.99. The van der Waals surface area contributed by atoms with Gasteiger partial charge >= 0.3 is 5.69 Å². The fourth-order valence-electron chi connectivity index (χ4n) is 2.00. The first kappa shape index (κ1) is 14.2. The molecular weight excluding hydrogens is 236 g/mol. The van der Waals surface area contributed by atoms with Gasteiger partial charge < -0.3 is 9.84 Å². The predicted molar refractivity (Wildman–Crippen MR) is 66.0 cm³/mol. The number of aliphatic hydroxyl groups is 1. The van der Waals surface area contributed by atoms with Crippen LogP contribution in [-0.2, 0) is 4.74 Å². The zero-order valence-corrected chi connectivity index (χ0v) is 10.1. The molecule has 0 spiro atoms. The number of ether oxygens (including phenoxy) is 1. The lowest BCUT2D eigenvalue weighted by atomic mass is 10.1. The van der Waals surface area contributed by atoms with E-state index in [1.807, 2.05) is 6.92 Å². The number of aromatic amines is 1. The second kappa shape index (κ2) is 6.19. The smallest absolute Gasteiger partial charge is 0.330 e. The molecule has 0 amide bonds.